The zero-order chi connectivity index (χ0) is 18.2. The Labute approximate surface area is 156 Å². The van der Waals surface area contributed by atoms with Crippen molar-refractivity contribution in [3.05, 3.63) is 39.8 Å². The summed E-state index contributed by atoms with van der Waals surface area (Å²) in [5.41, 5.74) is 7.38. The van der Waals surface area contributed by atoms with Crippen molar-refractivity contribution >= 4 is 29.0 Å². The lowest BCUT2D eigenvalue weighted by Gasteiger charge is -2.09. The minimum atomic E-state index is -0.221. The summed E-state index contributed by atoms with van der Waals surface area (Å²) in [6.45, 7) is 0.359. The van der Waals surface area contributed by atoms with Crippen molar-refractivity contribution in [3.63, 3.8) is 0 Å². The van der Waals surface area contributed by atoms with Crippen LogP contribution in [-0.4, -0.2) is 37.1 Å². The van der Waals surface area contributed by atoms with Crippen molar-refractivity contribution in [1.82, 2.24) is 10.3 Å². The van der Waals surface area contributed by atoms with Crippen LogP contribution in [-0.2, 0) is 6.54 Å². The summed E-state index contributed by atoms with van der Waals surface area (Å²) in [6, 6.07) is 5.37. The largest absolute Gasteiger partial charge is 0.497 e. The van der Waals surface area contributed by atoms with Crippen molar-refractivity contribution < 1.29 is 14.3 Å². The Balaban J connectivity index is 1.97. The molecule has 3 N–H and O–H groups in total. The van der Waals surface area contributed by atoms with Crippen LogP contribution in [0.4, 0.5) is 0 Å². The van der Waals surface area contributed by atoms with Crippen molar-refractivity contribution in [2.75, 3.05) is 26.2 Å². The molecule has 0 aliphatic heterocycles. The number of ether oxygens (including phenoxy) is 2. The first-order valence-corrected chi connectivity index (χ1v) is 10.0. The molecule has 1 heterocycles. The summed E-state index contributed by atoms with van der Waals surface area (Å²) < 4.78 is 10.5. The number of amides is 1. The molecule has 6 nitrogen and oxygen atoms in total. The van der Waals surface area contributed by atoms with Crippen LogP contribution in [0.1, 0.15) is 33.5 Å². The van der Waals surface area contributed by atoms with Gasteiger partial charge in [0.1, 0.15) is 22.2 Å². The van der Waals surface area contributed by atoms with Gasteiger partial charge in [-0.25, -0.2) is 4.98 Å². The fraction of sp³-hybridized carbons (Fsp3) is 0.412. The quantitative estimate of drug-likeness (QED) is 0.695. The van der Waals surface area contributed by atoms with E-state index in [0.29, 0.717) is 23.7 Å². The molecule has 0 spiro atoms. The Bertz CT molecular complexity index is 684. The van der Waals surface area contributed by atoms with Gasteiger partial charge in [0.15, 0.2) is 0 Å². The number of hydrogen-bond acceptors (Lipinski definition) is 7. The average molecular weight is 382 g/mol. The number of carbonyl (C=O) groups is 1. The highest BCUT2D eigenvalue weighted by molar-refractivity contribution is 7.98. The Morgan fingerprint density at radius 3 is 2.60 bits per heavy atom. The van der Waals surface area contributed by atoms with Gasteiger partial charge in [-0.15, -0.1) is 11.3 Å². The Morgan fingerprint density at radius 1 is 1.32 bits per heavy atom. The number of methoxy groups -OCH3 is 2. The van der Waals surface area contributed by atoms with E-state index in [9.17, 15) is 4.79 Å². The molecule has 1 unspecified atom stereocenters. The fourth-order valence-electron chi connectivity index (χ4n) is 2.17. The van der Waals surface area contributed by atoms with Crippen LogP contribution in [0.15, 0.2) is 23.6 Å². The first-order valence-electron chi connectivity index (χ1n) is 7.77. The Kier molecular flexibility index (Phi) is 7.54. The number of carbonyl (C=O) groups excluding carboxylic acids is 1. The summed E-state index contributed by atoms with van der Waals surface area (Å²) in [4.78, 5) is 16.7. The Morgan fingerprint density at radius 2 is 2.00 bits per heavy atom. The third kappa shape index (κ3) is 5.62. The topological polar surface area (TPSA) is 86.5 Å². The number of nitrogens with zero attached hydrogens (tertiary/aromatic N) is 1. The maximum absolute atomic E-state index is 12.3. The van der Waals surface area contributed by atoms with Gasteiger partial charge >= 0.3 is 0 Å². The summed E-state index contributed by atoms with van der Waals surface area (Å²) >= 11 is 3.17. The van der Waals surface area contributed by atoms with E-state index >= 15 is 0 Å². The summed E-state index contributed by atoms with van der Waals surface area (Å²) in [7, 11) is 3.18. The smallest absolute Gasteiger partial charge is 0.271 e. The van der Waals surface area contributed by atoms with Gasteiger partial charge < -0.3 is 20.5 Å². The van der Waals surface area contributed by atoms with Gasteiger partial charge in [-0.1, -0.05) is 0 Å². The van der Waals surface area contributed by atoms with Crippen LogP contribution in [0.3, 0.4) is 0 Å². The highest BCUT2D eigenvalue weighted by Crippen LogP contribution is 2.23. The van der Waals surface area contributed by atoms with Gasteiger partial charge in [-0.05, 0) is 36.1 Å². The van der Waals surface area contributed by atoms with Gasteiger partial charge in [0.25, 0.3) is 5.91 Å². The highest BCUT2D eigenvalue weighted by Gasteiger charge is 2.15. The maximum atomic E-state index is 12.3. The second kappa shape index (κ2) is 9.65. The molecule has 25 heavy (non-hydrogen) atoms. The Hall–Kier alpha value is -1.77. The number of aromatic nitrogens is 1. The summed E-state index contributed by atoms with van der Waals surface area (Å²) in [5, 5.41) is 5.40. The SMILES string of the molecule is COc1cc(CNC(=O)c2csc(C(N)CCSC)n2)cc(OC)c1. The predicted molar refractivity (Wildman–Crippen MR) is 103 cm³/mol. The van der Waals surface area contributed by atoms with E-state index in [0.717, 1.165) is 22.7 Å². The van der Waals surface area contributed by atoms with E-state index in [-0.39, 0.29) is 11.9 Å². The predicted octanol–water partition coefficient (Wildman–Crippen LogP) is 2.84. The lowest BCUT2D eigenvalue weighted by atomic mass is 10.2. The molecular formula is C17H23N3O3S2. The standard InChI is InChI=1S/C17H23N3O3S2/c1-22-12-6-11(7-13(8-12)23-2)9-19-16(21)15-10-25-17(20-15)14(18)4-5-24-3/h6-8,10,14H,4-5,9,18H2,1-3H3,(H,19,21). The van der Waals surface area contributed by atoms with Crippen molar-refractivity contribution in [2.45, 2.75) is 19.0 Å². The number of nitrogens with two attached hydrogens (primary N) is 1. The molecule has 1 aromatic heterocycles. The summed E-state index contributed by atoms with van der Waals surface area (Å²) in [5.74, 6) is 2.11. The van der Waals surface area contributed by atoms with Gasteiger partial charge in [0, 0.05) is 18.0 Å². The van der Waals surface area contributed by atoms with E-state index in [1.807, 2.05) is 18.4 Å². The lowest BCUT2D eigenvalue weighted by molar-refractivity contribution is 0.0946. The van der Waals surface area contributed by atoms with Crippen LogP contribution >= 0.6 is 23.1 Å². The first-order chi connectivity index (χ1) is 12.1. The van der Waals surface area contributed by atoms with Crippen LogP contribution in [0.2, 0.25) is 0 Å². The summed E-state index contributed by atoms with van der Waals surface area (Å²) in [6.07, 6.45) is 2.89. The molecule has 0 fully saturated rings. The molecule has 1 amide bonds. The number of benzene rings is 1. The van der Waals surface area contributed by atoms with Crippen molar-refractivity contribution in [2.24, 2.45) is 5.73 Å². The molecule has 0 aliphatic carbocycles. The zero-order valence-corrected chi connectivity index (χ0v) is 16.2. The highest BCUT2D eigenvalue weighted by atomic mass is 32.2. The second-order valence-electron chi connectivity index (χ2n) is 5.36. The van der Waals surface area contributed by atoms with E-state index in [1.165, 1.54) is 11.3 Å². The number of hydrogen-bond donors (Lipinski definition) is 2. The molecule has 1 aromatic carbocycles. The lowest BCUT2D eigenvalue weighted by Crippen LogP contribution is -2.23. The average Bonchev–Trinajstić information content (AvgIpc) is 3.14. The number of rotatable bonds is 9. The zero-order valence-electron chi connectivity index (χ0n) is 14.6. The third-order valence-electron chi connectivity index (χ3n) is 3.57. The minimum absolute atomic E-state index is 0.123. The van der Waals surface area contributed by atoms with Crippen LogP contribution < -0.4 is 20.5 Å². The van der Waals surface area contributed by atoms with Crippen LogP contribution in [0.25, 0.3) is 0 Å². The molecule has 0 saturated heterocycles. The molecule has 0 bridgehead atoms. The van der Waals surface area contributed by atoms with Gasteiger partial charge in [-0.2, -0.15) is 11.8 Å². The van der Waals surface area contributed by atoms with Crippen LogP contribution in [0, 0.1) is 0 Å². The first kappa shape index (κ1) is 19.6. The number of nitrogens with one attached hydrogen (secondary N) is 1. The molecule has 0 radical (unpaired) electrons. The van der Waals surface area contributed by atoms with Gasteiger partial charge in [0.05, 0.1) is 20.3 Å². The molecule has 0 saturated carbocycles. The monoisotopic (exact) mass is 381 g/mol. The number of thioether (sulfide) groups is 1. The number of thiazole rings is 1. The van der Waals surface area contributed by atoms with E-state index in [2.05, 4.69) is 10.3 Å². The minimum Gasteiger partial charge on any atom is -0.497 e. The van der Waals surface area contributed by atoms with E-state index in [1.54, 1.807) is 37.4 Å². The van der Waals surface area contributed by atoms with E-state index in [4.69, 9.17) is 15.2 Å². The van der Waals surface area contributed by atoms with Crippen molar-refractivity contribution in [1.29, 1.82) is 0 Å². The second-order valence-corrected chi connectivity index (χ2v) is 7.24. The van der Waals surface area contributed by atoms with Crippen molar-refractivity contribution in [3.8, 4) is 11.5 Å². The molecule has 0 aliphatic rings. The molecular weight excluding hydrogens is 358 g/mol. The molecule has 136 valence electrons. The molecule has 8 heteroatoms. The maximum Gasteiger partial charge on any atom is 0.271 e. The third-order valence-corrected chi connectivity index (χ3v) is 5.19. The normalized spacial score (nSPS) is 11.8. The molecule has 1 atom stereocenters. The fourth-order valence-corrected chi connectivity index (χ4v) is 3.50. The van der Waals surface area contributed by atoms with Gasteiger partial charge in [0.2, 0.25) is 0 Å². The van der Waals surface area contributed by atoms with E-state index < -0.39 is 0 Å². The van der Waals surface area contributed by atoms with Crippen LogP contribution in [0.5, 0.6) is 11.5 Å². The molecule has 2 rings (SSSR count). The van der Waals surface area contributed by atoms with Gasteiger partial charge in [-0.3, -0.25) is 4.79 Å². The molecule has 2 aromatic rings.